The third kappa shape index (κ3) is 10.3. The number of unbranched alkanes of at least 4 members (excludes halogenated alkanes) is 4. The maximum absolute atomic E-state index is 13.1. The summed E-state index contributed by atoms with van der Waals surface area (Å²) in [4.78, 5) is 1.92. The quantitative estimate of drug-likeness (QED) is 0.613. The van der Waals surface area contributed by atoms with Crippen LogP contribution < -0.4 is 0 Å². The summed E-state index contributed by atoms with van der Waals surface area (Å²) >= 11 is 0. The van der Waals surface area contributed by atoms with Crippen molar-refractivity contribution in [1.29, 1.82) is 0 Å². The van der Waals surface area contributed by atoms with Crippen LogP contribution in [0.25, 0.3) is 0 Å². The Balaban J connectivity index is 0.00000154. The second-order valence-corrected chi connectivity index (χ2v) is 5.00. The minimum absolute atomic E-state index is 0.0311. The fourth-order valence-corrected chi connectivity index (χ4v) is 2.35. The highest BCUT2D eigenvalue weighted by Gasteiger charge is 2.34. The van der Waals surface area contributed by atoms with Gasteiger partial charge in [0.05, 0.1) is 6.54 Å². The lowest BCUT2D eigenvalue weighted by Crippen LogP contribution is -2.42. The largest absolute Gasteiger partial charge is 0.385 e. The summed E-state index contributed by atoms with van der Waals surface area (Å²) in [6.07, 6.45) is 6.38. The second-order valence-electron chi connectivity index (χ2n) is 5.00. The van der Waals surface area contributed by atoms with E-state index in [1.165, 1.54) is 12.8 Å². The van der Waals surface area contributed by atoms with E-state index in [0.717, 1.165) is 39.0 Å². The van der Waals surface area contributed by atoms with E-state index in [-0.39, 0.29) is 13.0 Å². The molecule has 0 aromatic rings. The van der Waals surface area contributed by atoms with Gasteiger partial charge in [-0.3, -0.25) is 4.90 Å². The summed E-state index contributed by atoms with van der Waals surface area (Å²) in [5.74, 6) is -2.45. The number of ether oxygens (including phenoxy) is 1. The molecule has 1 heterocycles. The zero-order valence-corrected chi connectivity index (χ0v) is 12.9. The number of hydrogen-bond acceptors (Lipinski definition) is 2. The lowest BCUT2D eigenvalue weighted by molar-refractivity contribution is -0.0640. The first-order valence-electron chi connectivity index (χ1n) is 7.73. The predicted molar refractivity (Wildman–Crippen MR) is 76.9 cm³/mol. The fraction of sp³-hybridized carbons (Fsp3) is 1.00. The number of hydrogen-bond donors (Lipinski definition) is 0. The van der Waals surface area contributed by atoms with Crippen LogP contribution in [0.2, 0.25) is 0 Å². The first kappa shape index (κ1) is 18.8. The molecule has 0 atom stereocenters. The summed E-state index contributed by atoms with van der Waals surface area (Å²) in [5, 5.41) is 0. The van der Waals surface area contributed by atoms with E-state index in [1.54, 1.807) is 7.11 Å². The molecule has 0 N–H and O–H groups in total. The van der Waals surface area contributed by atoms with Gasteiger partial charge >= 0.3 is 0 Å². The highest BCUT2D eigenvalue weighted by Crippen LogP contribution is 2.26. The zero-order valence-electron chi connectivity index (χ0n) is 12.9. The molecule has 4 heteroatoms. The van der Waals surface area contributed by atoms with Gasteiger partial charge in [0.25, 0.3) is 5.92 Å². The molecule has 0 spiro atoms. The van der Waals surface area contributed by atoms with Crippen molar-refractivity contribution in [3.05, 3.63) is 0 Å². The van der Waals surface area contributed by atoms with Crippen LogP contribution in [0.1, 0.15) is 58.8 Å². The molecule has 0 aromatic heterocycles. The van der Waals surface area contributed by atoms with Crippen molar-refractivity contribution in [3.8, 4) is 0 Å². The zero-order chi connectivity index (χ0) is 14.6. The van der Waals surface area contributed by atoms with E-state index in [1.807, 2.05) is 18.7 Å². The van der Waals surface area contributed by atoms with Crippen molar-refractivity contribution in [1.82, 2.24) is 4.90 Å². The molecule has 0 radical (unpaired) electrons. The summed E-state index contributed by atoms with van der Waals surface area (Å²) in [6.45, 7) is 6.48. The van der Waals surface area contributed by atoms with Gasteiger partial charge in [-0.1, -0.05) is 33.1 Å². The van der Waals surface area contributed by atoms with Gasteiger partial charge in [-0.2, -0.15) is 0 Å². The van der Waals surface area contributed by atoms with E-state index in [0.29, 0.717) is 6.42 Å². The average molecular weight is 279 g/mol. The van der Waals surface area contributed by atoms with Gasteiger partial charge in [0.1, 0.15) is 0 Å². The van der Waals surface area contributed by atoms with E-state index in [2.05, 4.69) is 0 Å². The van der Waals surface area contributed by atoms with Crippen molar-refractivity contribution >= 4 is 0 Å². The van der Waals surface area contributed by atoms with Crippen LogP contribution >= 0.6 is 0 Å². The third-order valence-corrected chi connectivity index (χ3v) is 3.29. The molecule has 1 aliphatic heterocycles. The molecular formula is C15H31F2NO. The van der Waals surface area contributed by atoms with Crippen LogP contribution in [0.5, 0.6) is 0 Å². The smallest absolute Gasteiger partial charge is 0.260 e. The molecule has 1 saturated heterocycles. The number of rotatable bonds is 8. The third-order valence-electron chi connectivity index (χ3n) is 3.29. The Kier molecular flexibility index (Phi) is 11.5. The van der Waals surface area contributed by atoms with Gasteiger partial charge < -0.3 is 4.74 Å². The summed E-state index contributed by atoms with van der Waals surface area (Å²) in [5.41, 5.74) is 0. The first-order chi connectivity index (χ1) is 9.14. The molecule has 1 rings (SSSR count). The first-order valence-corrected chi connectivity index (χ1v) is 7.73. The molecule has 0 aromatic carbocycles. The highest BCUT2D eigenvalue weighted by atomic mass is 19.3. The minimum atomic E-state index is -2.45. The lowest BCUT2D eigenvalue weighted by atomic mass is 10.1. The van der Waals surface area contributed by atoms with Crippen LogP contribution in [0.4, 0.5) is 8.78 Å². The number of halogens is 2. The van der Waals surface area contributed by atoms with Crippen molar-refractivity contribution in [2.45, 2.75) is 64.7 Å². The number of likely N-dealkylation sites (tertiary alicyclic amines) is 1. The van der Waals surface area contributed by atoms with Gasteiger partial charge in [-0.25, -0.2) is 8.78 Å². The maximum atomic E-state index is 13.1. The Morgan fingerprint density at radius 1 is 1.05 bits per heavy atom. The molecule has 1 fully saturated rings. The molecule has 0 unspecified atom stereocenters. The molecule has 19 heavy (non-hydrogen) atoms. The summed E-state index contributed by atoms with van der Waals surface area (Å²) in [7, 11) is 1.72. The molecule has 2 nitrogen and oxygen atoms in total. The van der Waals surface area contributed by atoms with E-state index < -0.39 is 5.92 Å². The molecule has 0 aliphatic carbocycles. The predicted octanol–water partition coefficient (Wildman–Crippen LogP) is 4.34. The number of nitrogens with zero attached hydrogens (tertiary/aromatic N) is 1. The fourth-order valence-electron chi connectivity index (χ4n) is 2.35. The van der Waals surface area contributed by atoms with Gasteiger partial charge in [-0.15, -0.1) is 0 Å². The monoisotopic (exact) mass is 279 g/mol. The molecular weight excluding hydrogens is 248 g/mol. The van der Waals surface area contributed by atoms with Crippen LogP contribution in [0.15, 0.2) is 0 Å². The Morgan fingerprint density at radius 2 is 1.68 bits per heavy atom. The Morgan fingerprint density at radius 3 is 2.32 bits per heavy atom. The summed E-state index contributed by atoms with van der Waals surface area (Å²) < 4.78 is 31.2. The molecule has 0 saturated carbocycles. The van der Waals surface area contributed by atoms with Crippen LogP contribution in [0.3, 0.4) is 0 Å². The van der Waals surface area contributed by atoms with Gasteiger partial charge in [0, 0.05) is 20.1 Å². The van der Waals surface area contributed by atoms with Gasteiger partial charge in [0.15, 0.2) is 0 Å². The SMILES string of the molecule is CC.COCCCCCCCN1CCCC(F)(F)C1. The molecule has 0 amide bonds. The Labute approximate surface area is 117 Å². The Hall–Kier alpha value is -0.220. The Bertz CT molecular complexity index is 201. The van der Waals surface area contributed by atoms with Gasteiger partial charge in [-0.05, 0) is 32.4 Å². The average Bonchev–Trinajstić information content (AvgIpc) is 2.39. The molecule has 1 aliphatic rings. The molecule has 0 bridgehead atoms. The standard InChI is InChI=1S/C13H25F2NO.C2H6/c1-17-11-6-4-2-3-5-9-16-10-7-8-13(14,15)12-16;1-2/h2-12H2,1H3;1-2H3. The van der Waals surface area contributed by atoms with Crippen LogP contribution in [-0.4, -0.2) is 44.2 Å². The van der Waals surface area contributed by atoms with Crippen molar-refractivity contribution in [2.75, 3.05) is 33.4 Å². The lowest BCUT2D eigenvalue weighted by Gasteiger charge is -2.32. The van der Waals surface area contributed by atoms with Crippen LogP contribution in [0, 0.1) is 0 Å². The van der Waals surface area contributed by atoms with Crippen molar-refractivity contribution in [2.24, 2.45) is 0 Å². The number of methoxy groups -OCH3 is 1. The van der Waals surface area contributed by atoms with E-state index >= 15 is 0 Å². The topological polar surface area (TPSA) is 12.5 Å². The second kappa shape index (κ2) is 11.6. The maximum Gasteiger partial charge on any atom is 0.260 e. The normalized spacial score (nSPS) is 18.8. The number of alkyl halides is 2. The molecule has 116 valence electrons. The minimum Gasteiger partial charge on any atom is -0.385 e. The highest BCUT2D eigenvalue weighted by molar-refractivity contribution is 4.78. The van der Waals surface area contributed by atoms with Crippen LogP contribution in [-0.2, 0) is 4.74 Å². The summed E-state index contributed by atoms with van der Waals surface area (Å²) in [6, 6.07) is 0. The number of piperidine rings is 1. The van der Waals surface area contributed by atoms with Crippen molar-refractivity contribution in [3.63, 3.8) is 0 Å². The van der Waals surface area contributed by atoms with Crippen molar-refractivity contribution < 1.29 is 13.5 Å². The van der Waals surface area contributed by atoms with E-state index in [4.69, 9.17) is 4.74 Å². The van der Waals surface area contributed by atoms with Gasteiger partial charge in [0.2, 0.25) is 0 Å². The van der Waals surface area contributed by atoms with E-state index in [9.17, 15) is 8.78 Å².